The summed E-state index contributed by atoms with van der Waals surface area (Å²) in [5, 5.41) is 8.14. The van der Waals surface area contributed by atoms with E-state index in [1.165, 1.54) is 5.56 Å². The zero-order valence-electron chi connectivity index (χ0n) is 9.28. The first-order valence-electron chi connectivity index (χ1n) is 5.84. The van der Waals surface area contributed by atoms with Gasteiger partial charge in [-0.3, -0.25) is 5.41 Å². The van der Waals surface area contributed by atoms with Crippen LogP contribution in [0, 0.1) is 11.3 Å². The summed E-state index contributed by atoms with van der Waals surface area (Å²) in [4.78, 5) is 2.17. The first-order valence-corrected chi connectivity index (χ1v) is 5.84. The van der Waals surface area contributed by atoms with Gasteiger partial charge in [-0.1, -0.05) is 24.3 Å². The van der Waals surface area contributed by atoms with Crippen molar-refractivity contribution in [2.75, 3.05) is 19.8 Å². The topological polar surface area (TPSA) is 36.3 Å². The second-order valence-electron chi connectivity index (χ2n) is 4.62. The van der Waals surface area contributed by atoms with Crippen molar-refractivity contribution < 1.29 is 4.74 Å². The number of fused-ring (bicyclic) bond motifs is 1. The van der Waals surface area contributed by atoms with Crippen LogP contribution in [0.25, 0.3) is 0 Å². The molecule has 0 saturated carbocycles. The molecule has 1 aromatic rings. The van der Waals surface area contributed by atoms with Crippen LogP contribution in [0.2, 0.25) is 0 Å². The van der Waals surface area contributed by atoms with Crippen LogP contribution in [0.15, 0.2) is 24.3 Å². The average Bonchev–Trinajstić information content (AvgIpc) is 2.90. The number of nitrogens with zero attached hydrogens (tertiary/aromatic N) is 1. The van der Waals surface area contributed by atoms with Crippen LogP contribution in [0.1, 0.15) is 17.5 Å². The molecule has 1 aromatic carbocycles. The minimum absolute atomic E-state index is 0.606. The van der Waals surface area contributed by atoms with Gasteiger partial charge in [0, 0.05) is 31.2 Å². The van der Waals surface area contributed by atoms with Gasteiger partial charge in [0.2, 0.25) is 0 Å². The highest BCUT2D eigenvalue weighted by atomic mass is 16.5. The van der Waals surface area contributed by atoms with Crippen molar-refractivity contribution in [2.45, 2.75) is 13.0 Å². The number of nitrogens with one attached hydrogen (secondary N) is 1. The van der Waals surface area contributed by atoms with E-state index in [-0.39, 0.29) is 0 Å². The summed E-state index contributed by atoms with van der Waals surface area (Å²) in [5.41, 5.74) is 2.38. The van der Waals surface area contributed by atoms with Crippen LogP contribution in [0.3, 0.4) is 0 Å². The van der Waals surface area contributed by atoms with Crippen LogP contribution in [-0.4, -0.2) is 30.5 Å². The Morgan fingerprint density at radius 3 is 3.00 bits per heavy atom. The Morgan fingerprint density at radius 1 is 1.38 bits per heavy atom. The SMILES string of the molecule is N=C1c2ccccc2CN1CC1CCOC1. The molecule has 84 valence electrons. The largest absolute Gasteiger partial charge is 0.381 e. The zero-order valence-corrected chi connectivity index (χ0v) is 9.28. The minimum Gasteiger partial charge on any atom is -0.381 e. The quantitative estimate of drug-likeness (QED) is 0.819. The van der Waals surface area contributed by atoms with Crippen molar-refractivity contribution in [3.63, 3.8) is 0 Å². The van der Waals surface area contributed by atoms with E-state index in [0.717, 1.165) is 38.3 Å². The van der Waals surface area contributed by atoms with E-state index in [1.54, 1.807) is 0 Å². The van der Waals surface area contributed by atoms with E-state index in [9.17, 15) is 0 Å². The van der Waals surface area contributed by atoms with Crippen molar-refractivity contribution in [1.82, 2.24) is 4.90 Å². The predicted molar refractivity (Wildman–Crippen MR) is 62.6 cm³/mol. The molecule has 1 N–H and O–H groups in total. The molecule has 1 unspecified atom stereocenters. The van der Waals surface area contributed by atoms with Gasteiger partial charge in [-0.15, -0.1) is 0 Å². The molecule has 2 heterocycles. The number of ether oxygens (including phenoxy) is 1. The van der Waals surface area contributed by atoms with Crippen molar-refractivity contribution in [2.24, 2.45) is 5.92 Å². The highest BCUT2D eigenvalue weighted by Gasteiger charge is 2.27. The Bertz CT molecular complexity index is 410. The lowest BCUT2D eigenvalue weighted by Gasteiger charge is -2.21. The molecular formula is C13H16N2O. The molecule has 3 heteroatoms. The lowest BCUT2D eigenvalue weighted by Crippen LogP contribution is -2.30. The number of amidine groups is 1. The molecule has 3 nitrogen and oxygen atoms in total. The molecule has 16 heavy (non-hydrogen) atoms. The van der Waals surface area contributed by atoms with Crippen LogP contribution < -0.4 is 0 Å². The maximum Gasteiger partial charge on any atom is 0.128 e. The molecule has 0 radical (unpaired) electrons. The fourth-order valence-electron chi connectivity index (χ4n) is 2.54. The van der Waals surface area contributed by atoms with E-state index in [4.69, 9.17) is 10.1 Å². The van der Waals surface area contributed by atoms with Crippen LogP contribution in [0.5, 0.6) is 0 Å². The van der Waals surface area contributed by atoms with E-state index >= 15 is 0 Å². The van der Waals surface area contributed by atoms with Gasteiger partial charge < -0.3 is 9.64 Å². The first kappa shape index (κ1) is 9.85. The molecule has 0 spiro atoms. The van der Waals surface area contributed by atoms with E-state index in [0.29, 0.717) is 11.8 Å². The fourth-order valence-corrected chi connectivity index (χ4v) is 2.54. The summed E-state index contributed by atoms with van der Waals surface area (Å²) in [5.74, 6) is 1.29. The molecule has 1 atom stereocenters. The van der Waals surface area contributed by atoms with Gasteiger partial charge >= 0.3 is 0 Å². The van der Waals surface area contributed by atoms with Gasteiger partial charge in [-0.2, -0.15) is 0 Å². The Kier molecular flexibility index (Phi) is 2.40. The van der Waals surface area contributed by atoms with Gasteiger partial charge in [0.1, 0.15) is 5.84 Å². The fraction of sp³-hybridized carbons (Fsp3) is 0.462. The minimum atomic E-state index is 0.606. The highest BCUT2D eigenvalue weighted by molar-refractivity contribution is 6.00. The van der Waals surface area contributed by atoms with E-state index < -0.39 is 0 Å². The third-order valence-corrected chi connectivity index (χ3v) is 3.45. The number of hydrogen-bond donors (Lipinski definition) is 1. The summed E-state index contributed by atoms with van der Waals surface area (Å²) in [6.07, 6.45) is 1.14. The molecule has 1 saturated heterocycles. The Morgan fingerprint density at radius 2 is 2.25 bits per heavy atom. The van der Waals surface area contributed by atoms with Gasteiger partial charge in [-0.25, -0.2) is 0 Å². The second kappa shape index (κ2) is 3.91. The highest BCUT2D eigenvalue weighted by Crippen LogP contribution is 2.24. The van der Waals surface area contributed by atoms with Crippen LogP contribution in [0.4, 0.5) is 0 Å². The molecular weight excluding hydrogens is 200 g/mol. The van der Waals surface area contributed by atoms with Gasteiger partial charge in [-0.05, 0) is 12.0 Å². The predicted octanol–water partition coefficient (Wildman–Crippen LogP) is 1.86. The molecule has 2 aliphatic heterocycles. The first-order chi connectivity index (χ1) is 7.84. The number of benzene rings is 1. The van der Waals surface area contributed by atoms with Crippen LogP contribution >= 0.6 is 0 Å². The zero-order chi connectivity index (χ0) is 11.0. The molecule has 0 bridgehead atoms. The second-order valence-corrected chi connectivity index (χ2v) is 4.62. The van der Waals surface area contributed by atoms with Crippen molar-refractivity contribution in [3.8, 4) is 0 Å². The maximum absolute atomic E-state index is 8.14. The Hall–Kier alpha value is -1.35. The average molecular weight is 216 g/mol. The van der Waals surface area contributed by atoms with Crippen molar-refractivity contribution in [1.29, 1.82) is 5.41 Å². The lowest BCUT2D eigenvalue weighted by atomic mass is 10.1. The number of hydrogen-bond acceptors (Lipinski definition) is 2. The summed E-state index contributed by atoms with van der Waals surface area (Å²) >= 11 is 0. The third-order valence-electron chi connectivity index (χ3n) is 3.45. The maximum atomic E-state index is 8.14. The Balaban J connectivity index is 1.74. The van der Waals surface area contributed by atoms with Crippen LogP contribution in [-0.2, 0) is 11.3 Å². The van der Waals surface area contributed by atoms with E-state index in [2.05, 4.69) is 11.0 Å². The summed E-state index contributed by atoms with van der Waals surface area (Å²) < 4.78 is 5.38. The summed E-state index contributed by atoms with van der Waals surface area (Å²) in [6.45, 7) is 3.61. The lowest BCUT2D eigenvalue weighted by molar-refractivity contribution is 0.179. The molecule has 0 aliphatic carbocycles. The monoisotopic (exact) mass is 216 g/mol. The molecule has 0 aromatic heterocycles. The Labute approximate surface area is 95.5 Å². The molecule has 2 aliphatic rings. The molecule has 3 rings (SSSR count). The van der Waals surface area contributed by atoms with Gasteiger partial charge in [0.05, 0.1) is 6.61 Å². The summed E-state index contributed by atoms with van der Waals surface area (Å²) in [6, 6.07) is 8.22. The standard InChI is InChI=1S/C13H16N2O/c14-13-12-4-2-1-3-11(12)8-15(13)7-10-5-6-16-9-10/h1-4,10,14H,5-9H2. The molecule has 1 fully saturated rings. The smallest absolute Gasteiger partial charge is 0.128 e. The van der Waals surface area contributed by atoms with E-state index in [1.807, 2.05) is 18.2 Å². The van der Waals surface area contributed by atoms with Crippen molar-refractivity contribution in [3.05, 3.63) is 35.4 Å². The third kappa shape index (κ3) is 1.61. The number of rotatable bonds is 2. The van der Waals surface area contributed by atoms with Gasteiger partial charge in [0.15, 0.2) is 0 Å². The molecule has 0 amide bonds. The summed E-state index contributed by atoms with van der Waals surface area (Å²) in [7, 11) is 0. The normalized spacial score (nSPS) is 23.9. The van der Waals surface area contributed by atoms with Gasteiger partial charge in [0.25, 0.3) is 0 Å². The van der Waals surface area contributed by atoms with Crippen molar-refractivity contribution >= 4 is 5.84 Å².